The average Bonchev–Trinajstić information content (AvgIpc) is 2.62. The Hall–Kier alpha value is -0.930. The predicted octanol–water partition coefficient (Wildman–Crippen LogP) is 1.36. The first-order valence-corrected chi connectivity index (χ1v) is 5.65. The molecule has 1 aliphatic carbocycles. The third-order valence-electron chi connectivity index (χ3n) is 2.99. The van der Waals surface area contributed by atoms with E-state index in [-0.39, 0.29) is 0 Å². The summed E-state index contributed by atoms with van der Waals surface area (Å²) in [5, 5.41) is 3.51. The Morgan fingerprint density at radius 1 is 1.47 bits per heavy atom. The Morgan fingerprint density at radius 3 is 3.00 bits per heavy atom. The van der Waals surface area contributed by atoms with Crippen molar-refractivity contribution in [2.45, 2.75) is 44.8 Å². The van der Waals surface area contributed by atoms with E-state index in [1.165, 1.54) is 6.42 Å². The molecule has 2 rings (SSSR count). The van der Waals surface area contributed by atoms with E-state index in [4.69, 9.17) is 5.73 Å². The van der Waals surface area contributed by atoms with Crippen LogP contribution in [0.3, 0.4) is 0 Å². The minimum Gasteiger partial charge on any atom is -0.328 e. The van der Waals surface area contributed by atoms with Gasteiger partial charge >= 0.3 is 0 Å². The number of nitrogens with one attached hydrogen (secondary N) is 1. The molecular weight excluding hydrogens is 186 g/mol. The number of pyridine rings is 1. The largest absolute Gasteiger partial charge is 0.328 e. The summed E-state index contributed by atoms with van der Waals surface area (Å²) in [5.74, 6) is 0. The fraction of sp³-hybridized carbons (Fsp3) is 0.583. The highest BCUT2D eigenvalue weighted by atomic mass is 14.9. The Kier molecular flexibility index (Phi) is 3.34. The van der Waals surface area contributed by atoms with Gasteiger partial charge in [-0.15, -0.1) is 0 Å². The van der Waals surface area contributed by atoms with Crippen LogP contribution in [0.4, 0.5) is 0 Å². The van der Waals surface area contributed by atoms with Crippen molar-refractivity contribution in [3.63, 3.8) is 0 Å². The van der Waals surface area contributed by atoms with Gasteiger partial charge in [0.1, 0.15) is 0 Å². The minimum absolute atomic E-state index is 0.396. The van der Waals surface area contributed by atoms with Crippen molar-refractivity contribution in [2.24, 2.45) is 5.73 Å². The first-order chi connectivity index (χ1) is 7.24. The zero-order chi connectivity index (χ0) is 10.7. The zero-order valence-corrected chi connectivity index (χ0v) is 9.24. The number of nitrogens with two attached hydrogens (primary N) is 1. The summed E-state index contributed by atoms with van der Waals surface area (Å²) < 4.78 is 0. The van der Waals surface area contributed by atoms with E-state index < -0.39 is 0 Å². The molecule has 0 aliphatic heterocycles. The Morgan fingerprint density at radius 2 is 2.33 bits per heavy atom. The second-order valence-electron chi connectivity index (χ2n) is 4.42. The Balaban J connectivity index is 1.83. The fourth-order valence-corrected chi connectivity index (χ4v) is 2.15. The van der Waals surface area contributed by atoms with E-state index >= 15 is 0 Å². The molecule has 1 saturated carbocycles. The second-order valence-corrected chi connectivity index (χ2v) is 4.42. The Labute approximate surface area is 91.1 Å². The third kappa shape index (κ3) is 3.01. The summed E-state index contributed by atoms with van der Waals surface area (Å²) in [6, 6.07) is 7.12. The molecule has 0 aromatic carbocycles. The lowest BCUT2D eigenvalue weighted by molar-refractivity contribution is 0.512. The molecule has 3 N–H and O–H groups in total. The zero-order valence-electron chi connectivity index (χ0n) is 9.24. The van der Waals surface area contributed by atoms with Crippen molar-refractivity contribution >= 4 is 0 Å². The van der Waals surface area contributed by atoms with Crippen LogP contribution in [0.5, 0.6) is 0 Å². The number of nitrogens with zero attached hydrogens (tertiary/aromatic N) is 1. The second kappa shape index (κ2) is 4.73. The van der Waals surface area contributed by atoms with Crippen LogP contribution in [0.1, 0.15) is 30.7 Å². The smallest absolute Gasteiger partial charge is 0.0544 e. The molecule has 3 heteroatoms. The highest BCUT2D eigenvalue weighted by Crippen LogP contribution is 2.17. The van der Waals surface area contributed by atoms with Crippen LogP contribution in [0.25, 0.3) is 0 Å². The first kappa shape index (κ1) is 10.6. The topological polar surface area (TPSA) is 50.9 Å². The first-order valence-electron chi connectivity index (χ1n) is 5.65. The lowest BCUT2D eigenvalue weighted by Crippen LogP contribution is -2.28. The van der Waals surface area contributed by atoms with Crippen LogP contribution in [0.15, 0.2) is 18.2 Å². The molecule has 3 nitrogen and oxygen atoms in total. The quantitative estimate of drug-likeness (QED) is 0.783. The summed E-state index contributed by atoms with van der Waals surface area (Å²) in [6.07, 6.45) is 3.46. The van der Waals surface area contributed by atoms with Crippen LogP contribution in [-0.4, -0.2) is 17.1 Å². The number of hydrogen-bond acceptors (Lipinski definition) is 3. The molecule has 2 unspecified atom stereocenters. The average molecular weight is 205 g/mol. The van der Waals surface area contributed by atoms with Crippen molar-refractivity contribution in [2.75, 3.05) is 0 Å². The summed E-state index contributed by atoms with van der Waals surface area (Å²) in [6.45, 7) is 2.88. The van der Waals surface area contributed by atoms with Gasteiger partial charge in [-0.2, -0.15) is 0 Å². The number of hydrogen-bond donors (Lipinski definition) is 2. The molecule has 1 fully saturated rings. The lowest BCUT2D eigenvalue weighted by atomic mass is 10.2. The van der Waals surface area contributed by atoms with E-state index in [2.05, 4.69) is 22.4 Å². The highest BCUT2D eigenvalue weighted by Gasteiger charge is 2.20. The number of aromatic nitrogens is 1. The highest BCUT2D eigenvalue weighted by molar-refractivity contribution is 5.09. The third-order valence-corrected chi connectivity index (χ3v) is 2.99. The standard InChI is InChI=1S/C12H19N3/c1-9-3-2-4-12(15-9)8-14-11-6-5-10(13)7-11/h2-4,10-11,14H,5-8,13H2,1H3. The minimum atomic E-state index is 0.396. The van der Waals surface area contributed by atoms with Crippen molar-refractivity contribution < 1.29 is 0 Å². The maximum absolute atomic E-state index is 5.86. The maximum atomic E-state index is 5.86. The summed E-state index contributed by atoms with van der Waals surface area (Å²) in [7, 11) is 0. The van der Waals surface area contributed by atoms with Crippen molar-refractivity contribution in [1.29, 1.82) is 0 Å². The van der Waals surface area contributed by atoms with Gasteiger partial charge in [0, 0.05) is 24.3 Å². The van der Waals surface area contributed by atoms with E-state index in [0.29, 0.717) is 12.1 Å². The molecule has 15 heavy (non-hydrogen) atoms. The van der Waals surface area contributed by atoms with Crippen molar-refractivity contribution in [1.82, 2.24) is 10.3 Å². The molecule has 0 spiro atoms. The van der Waals surface area contributed by atoms with Crippen molar-refractivity contribution in [3.05, 3.63) is 29.6 Å². The fourth-order valence-electron chi connectivity index (χ4n) is 2.15. The molecule has 0 saturated heterocycles. The molecule has 1 aromatic heterocycles. The van der Waals surface area contributed by atoms with Crippen LogP contribution in [0, 0.1) is 6.92 Å². The van der Waals surface area contributed by atoms with E-state index in [1.807, 2.05) is 13.0 Å². The van der Waals surface area contributed by atoms with Gasteiger partial charge in [0.05, 0.1) is 5.69 Å². The number of rotatable bonds is 3. The van der Waals surface area contributed by atoms with Gasteiger partial charge in [0.25, 0.3) is 0 Å². The van der Waals surface area contributed by atoms with Gasteiger partial charge in [-0.05, 0) is 38.3 Å². The van der Waals surface area contributed by atoms with Crippen molar-refractivity contribution in [3.8, 4) is 0 Å². The summed E-state index contributed by atoms with van der Waals surface area (Å²) in [4.78, 5) is 4.46. The van der Waals surface area contributed by atoms with Gasteiger partial charge in [0.15, 0.2) is 0 Å². The molecule has 1 aliphatic rings. The molecule has 82 valence electrons. The molecule has 1 aromatic rings. The normalized spacial score (nSPS) is 25.7. The SMILES string of the molecule is Cc1cccc(CNC2CCC(N)C2)n1. The predicted molar refractivity (Wildman–Crippen MR) is 61.4 cm³/mol. The van der Waals surface area contributed by atoms with Gasteiger partial charge in [0.2, 0.25) is 0 Å². The lowest BCUT2D eigenvalue weighted by Gasteiger charge is -2.11. The maximum Gasteiger partial charge on any atom is 0.0544 e. The van der Waals surface area contributed by atoms with E-state index in [0.717, 1.165) is 30.8 Å². The molecule has 2 atom stereocenters. The summed E-state index contributed by atoms with van der Waals surface area (Å²) in [5.41, 5.74) is 8.06. The van der Waals surface area contributed by atoms with Gasteiger partial charge in [-0.1, -0.05) is 6.07 Å². The molecular formula is C12H19N3. The summed E-state index contributed by atoms with van der Waals surface area (Å²) >= 11 is 0. The van der Waals surface area contributed by atoms with Crippen LogP contribution < -0.4 is 11.1 Å². The van der Waals surface area contributed by atoms with Crippen LogP contribution >= 0.6 is 0 Å². The van der Waals surface area contributed by atoms with Gasteiger partial charge in [-0.3, -0.25) is 4.98 Å². The molecule has 1 heterocycles. The molecule has 0 radical (unpaired) electrons. The molecule has 0 amide bonds. The van der Waals surface area contributed by atoms with E-state index in [9.17, 15) is 0 Å². The molecule has 0 bridgehead atoms. The Bertz CT molecular complexity index is 324. The monoisotopic (exact) mass is 205 g/mol. The van der Waals surface area contributed by atoms with Crippen LogP contribution in [0.2, 0.25) is 0 Å². The van der Waals surface area contributed by atoms with Gasteiger partial charge < -0.3 is 11.1 Å². The van der Waals surface area contributed by atoms with Crippen LogP contribution in [-0.2, 0) is 6.54 Å². The van der Waals surface area contributed by atoms with E-state index in [1.54, 1.807) is 0 Å². The van der Waals surface area contributed by atoms with Gasteiger partial charge in [-0.25, -0.2) is 0 Å². The number of aryl methyl sites for hydroxylation is 1.